The molecule has 13 heavy (non-hydrogen) atoms. The minimum absolute atomic E-state index is 0.0903. The van der Waals surface area contributed by atoms with Crippen LogP contribution in [0.1, 0.15) is 33.7 Å². The Hall–Kier alpha value is -1.26. The standard InChI is InChI=1S/C6H11N3O2.C2H6/c1-4(2)9-5(10)7-8(3)6(9)11;1-2/h4H,1-3H3,(H,7,10);1-2H3. The number of aromatic amines is 1. The Kier molecular flexibility index (Phi) is 4.23. The first kappa shape index (κ1) is 11.7. The summed E-state index contributed by atoms with van der Waals surface area (Å²) in [7, 11) is 1.52. The van der Waals surface area contributed by atoms with Gasteiger partial charge in [-0.25, -0.2) is 23.9 Å². The van der Waals surface area contributed by atoms with Gasteiger partial charge in [0.05, 0.1) is 0 Å². The lowest BCUT2D eigenvalue weighted by molar-refractivity contribution is 0.554. The van der Waals surface area contributed by atoms with Gasteiger partial charge < -0.3 is 0 Å². The van der Waals surface area contributed by atoms with Crippen LogP contribution < -0.4 is 11.4 Å². The molecule has 0 aliphatic rings. The third-order valence-corrected chi connectivity index (χ3v) is 1.49. The van der Waals surface area contributed by atoms with E-state index in [9.17, 15) is 9.59 Å². The molecule has 0 saturated heterocycles. The van der Waals surface area contributed by atoms with Crippen molar-refractivity contribution in [3.05, 3.63) is 21.0 Å². The highest BCUT2D eigenvalue weighted by Gasteiger charge is 2.07. The van der Waals surface area contributed by atoms with Crippen molar-refractivity contribution in [2.24, 2.45) is 7.05 Å². The highest BCUT2D eigenvalue weighted by Crippen LogP contribution is 1.91. The number of hydrogen-bond acceptors (Lipinski definition) is 2. The maximum atomic E-state index is 11.1. The molecule has 1 heterocycles. The van der Waals surface area contributed by atoms with E-state index in [1.807, 2.05) is 13.8 Å². The smallest absolute Gasteiger partial charge is 0.246 e. The SMILES string of the molecule is CC.CC(C)n1c(=O)[nH]n(C)c1=O. The van der Waals surface area contributed by atoms with Crippen molar-refractivity contribution in [1.29, 1.82) is 0 Å². The summed E-state index contributed by atoms with van der Waals surface area (Å²) in [5.74, 6) is 0. The van der Waals surface area contributed by atoms with Crippen molar-refractivity contribution in [3.63, 3.8) is 0 Å². The van der Waals surface area contributed by atoms with Crippen molar-refractivity contribution in [3.8, 4) is 0 Å². The van der Waals surface area contributed by atoms with E-state index in [0.717, 1.165) is 0 Å². The van der Waals surface area contributed by atoms with E-state index in [4.69, 9.17) is 0 Å². The lowest BCUT2D eigenvalue weighted by Crippen LogP contribution is -2.29. The molecule has 0 aliphatic carbocycles. The third kappa shape index (κ3) is 2.34. The second-order valence-corrected chi connectivity index (χ2v) is 2.72. The first-order valence-electron chi connectivity index (χ1n) is 4.41. The molecule has 0 aliphatic heterocycles. The van der Waals surface area contributed by atoms with Crippen LogP contribution in [0.5, 0.6) is 0 Å². The molecule has 0 unspecified atom stereocenters. The van der Waals surface area contributed by atoms with Crippen molar-refractivity contribution < 1.29 is 0 Å². The van der Waals surface area contributed by atoms with Crippen molar-refractivity contribution in [2.75, 3.05) is 0 Å². The molecule has 5 heteroatoms. The number of H-pyrrole nitrogens is 1. The number of rotatable bonds is 1. The van der Waals surface area contributed by atoms with Crippen LogP contribution in [-0.4, -0.2) is 14.3 Å². The van der Waals surface area contributed by atoms with Crippen LogP contribution in [0.2, 0.25) is 0 Å². The van der Waals surface area contributed by atoms with Crippen LogP contribution in [0.15, 0.2) is 9.59 Å². The monoisotopic (exact) mass is 187 g/mol. The molecule has 0 spiro atoms. The molecule has 0 fully saturated rings. The minimum atomic E-state index is -0.354. The van der Waals surface area contributed by atoms with Gasteiger partial charge in [0.1, 0.15) is 0 Å². The van der Waals surface area contributed by atoms with Crippen LogP contribution in [0.25, 0.3) is 0 Å². The van der Waals surface area contributed by atoms with Gasteiger partial charge in [-0.05, 0) is 13.8 Å². The van der Waals surface area contributed by atoms with Gasteiger partial charge >= 0.3 is 11.4 Å². The van der Waals surface area contributed by atoms with Gasteiger partial charge in [0, 0.05) is 13.1 Å². The fraction of sp³-hybridized carbons (Fsp3) is 0.750. The van der Waals surface area contributed by atoms with Gasteiger partial charge in [-0.3, -0.25) is 0 Å². The predicted octanol–water partition coefficient (Wildman–Crippen LogP) is 0.482. The number of aromatic nitrogens is 3. The van der Waals surface area contributed by atoms with Crippen LogP contribution in [0, 0.1) is 0 Å². The summed E-state index contributed by atoms with van der Waals surface area (Å²) in [5, 5.41) is 2.37. The summed E-state index contributed by atoms with van der Waals surface area (Å²) >= 11 is 0. The van der Waals surface area contributed by atoms with Crippen molar-refractivity contribution in [2.45, 2.75) is 33.7 Å². The van der Waals surface area contributed by atoms with E-state index >= 15 is 0 Å². The number of aryl methyl sites for hydroxylation is 1. The van der Waals surface area contributed by atoms with Gasteiger partial charge in [0.25, 0.3) is 0 Å². The van der Waals surface area contributed by atoms with Gasteiger partial charge in [0.2, 0.25) is 0 Å². The second-order valence-electron chi connectivity index (χ2n) is 2.72. The quantitative estimate of drug-likeness (QED) is 0.695. The Bertz CT molecular complexity index is 356. The summed E-state index contributed by atoms with van der Waals surface area (Å²) < 4.78 is 2.34. The largest absolute Gasteiger partial charge is 0.346 e. The van der Waals surface area contributed by atoms with E-state index in [-0.39, 0.29) is 17.4 Å². The Morgan fingerprint density at radius 3 is 1.85 bits per heavy atom. The van der Waals surface area contributed by atoms with Gasteiger partial charge in [-0.2, -0.15) is 0 Å². The first-order chi connectivity index (χ1) is 6.04. The summed E-state index contributed by atoms with van der Waals surface area (Å²) in [6, 6.07) is -0.0903. The van der Waals surface area contributed by atoms with E-state index in [1.165, 1.54) is 16.3 Å². The molecule has 0 atom stereocenters. The van der Waals surface area contributed by atoms with Crippen molar-refractivity contribution in [1.82, 2.24) is 14.3 Å². The Morgan fingerprint density at radius 1 is 1.23 bits per heavy atom. The summed E-state index contributed by atoms with van der Waals surface area (Å²) in [6.07, 6.45) is 0. The topological polar surface area (TPSA) is 59.8 Å². The predicted molar refractivity (Wildman–Crippen MR) is 52.0 cm³/mol. The average Bonchev–Trinajstić information content (AvgIpc) is 2.30. The van der Waals surface area contributed by atoms with E-state index in [2.05, 4.69) is 5.10 Å². The average molecular weight is 187 g/mol. The van der Waals surface area contributed by atoms with E-state index in [0.29, 0.717) is 0 Å². The molecular weight excluding hydrogens is 170 g/mol. The summed E-state index contributed by atoms with van der Waals surface area (Å²) in [6.45, 7) is 7.58. The number of hydrogen-bond donors (Lipinski definition) is 1. The summed E-state index contributed by atoms with van der Waals surface area (Å²) in [5.41, 5.74) is -0.655. The first-order valence-corrected chi connectivity index (χ1v) is 4.41. The van der Waals surface area contributed by atoms with Gasteiger partial charge in [-0.15, -0.1) is 0 Å². The lowest BCUT2D eigenvalue weighted by atomic mass is 10.4. The van der Waals surface area contributed by atoms with Crippen LogP contribution in [0.4, 0.5) is 0 Å². The van der Waals surface area contributed by atoms with Gasteiger partial charge in [0.15, 0.2) is 0 Å². The summed E-state index contributed by atoms with van der Waals surface area (Å²) in [4.78, 5) is 22.1. The molecule has 1 rings (SSSR count). The third-order valence-electron chi connectivity index (χ3n) is 1.49. The van der Waals surface area contributed by atoms with E-state index in [1.54, 1.807) is 13.8 Å². The minimum Gasteiger partial charge on any atom is -0.246 e. The molecule has 0 saturated carbocycles. The molecular formula is C8H17N3O2. The molecule has 76 valence electrons. The zero-order valence-electron chi connectivity index (χ0n) is 8.79. The van der Waals surface area contributed by atoms with Crippen LogP contribution in [0.3, 0.4) is 0 Å². The number of nitrogens with zero attached hydrogens (tertiary/aromatic N) is 2. The van der Waals surface area contributed by atoms with Crippen molar-refractivity contribution >= 4 is 0 Å². The second kappa shape index (κ2) is 4.69. The zero-order chi connectivity index (χ0) is 10.6. The molecule has 1 aromatic heterocycles. The highest BCUT2D eigenvalue weighted by atomic mass is 16.2. The molecule has 1 N–H and O–H groups in total. The Labute approximate surface area is 77.0 Å². The normalized spacial score (nSPS) is 9.69. The maximum Gasteiger partial charge on any atom is 0.346 e. The molecule has 5 nitrogen and oxygen atoms in total. The molecule has 0 bridgehead atoms. The molecule has 0 radical (unpaired) electrons. The van der Waals surface area contributed by atoms with Crippen LogP contribution in [-0.2, 0) is 7.05 Å². The van der Waals surface area contributed by atoms with Crippen LogP contribution >= 0.6 is 0 Å². The number of nitrogens with one attached hydrogen (secondary N) is 1. The van der Waals surface area contributed by atoms with Gasteiger partial charge in [-0.1, -0.05) is 13.8 Å². The maximum absolute atomic E-state index is 11.1. The highest BCUT2D eigenvalue weighted by molar-refractivity contribution is 4.71. The Balaban J connectivity index is 0.000000671. The fourth-order valence-corrected chi connectivity index (χ4v) is 0.949. The molecule has 0 amide bonds. The molecule has 0 aromatic carbocycles. The Morgan fingerprint density at radius 2 is 1.69 bits per heavy atom. The van der Waals surface area contributed by atoms with E-state index < -0.39 is 0 Å². The fourth-order valence-electron chi connectivity index (χ4n) is 0.949. The zero-order valence-corrected chi connectivity index (χ0v) is 8.79. The lowest BCUT2D eigenvalue weighted by Gasteiger charge is -1.99. The molecule has 1 aromatic rings.